The van der Waals surface area contributed by atoms with Crippen molar-refractivity contribution in [2.45, 2.75) is 18.9 Å². The summed E-state index contributed by atoms with van der Waals surface area (Å²) < 4.78 is 0. The van der Waals surface area contributed by atoms with E-state index in [0.717, 1.165) is 42.5 Å². The maximum atomic E-state index is 12.4. The normalized spacial score (nSPS) is 18.1. The number of carbonyl (C=O) groups is 2. The number of piperazine rings is 1. The minimum absolute atomic E-state index is 0.00737. The van der Waals surface area contributed by atoms with E-state index >= 15 is 0 Å². The molecule has 1 saturated heterocycles. The summed E-state index contributed by atoms with van der Waals surface area (Å²) in [6.45, 7) is 3.17. The second kappa shape index (κ2) is 7.88. The number of carbonyl (C=O) groups excluding carboxylic acids is 2. The zero-order valence-electron chi connectivity index (χ0n) is 15.3. The van der Waals surface area contributed by atoms with Crippen molar-refractivity contribution < 1.29 is 9.59 Å². The fourth-order valence-corrected chi connectivity index (χ4v) is 3.27. The molecule has 6 heteroatoms. The number of nitrogens with one attached hydrogen (secondary N) is 1. The lowest BCUT2D eigenvalue weighted by Crippen LogP contribution is -2.51. The Morgan fingerprint density at radius 3 is 2.63 bits per heavy atom. The van der Waals surface area contributed by atoms with Gasteiger partial charge >= 0.3 is 0 Å². The van der Waals surface area contributed by atoms with Crippen molar-refractivity contribution in [3.05, 3.63) is 48.2 Å². The highest BCUT2D eigenvalue weighted by atomic mass is 16.2. The molecule has 1 saturated carbocycles. The molecule has 1 aliphatic carbocycles. The van der Waals surface area contributed by atoms with E-state index in [2.05, 4.69) is 15.2 Å². The number of nitrogens with zero attached hydrogens (tertiary/aromatic N) is 3. The van der Waals surface area contributed by atoms with Crippen LogP contribution in [0.3, 0.4) is 0 Å². The van der Waals surface area contributed by atoms with Crippen LogP contribution < -0.4 is 5.32 Å². The van der Waals surface area contributed by atoms with Crippen molar-refractivity contribution in [1.82, 2.24) is 20.1 Å². The van der Waals surface area contributed by atoms with Gasteiger partial charge in [-0.15, -0.1) is 0 Å². The first-order chi connectivity index (χ1) is 13.2. The van der Waals surface area contributed by atoms with E-state index in [1.165, 1.54) is 0 Å². The summed E-state index contributed by atoms with van der Waals surface area (Å²) >= 11 is 0. The van der Waals surface area contributed by atoms with Crippen LogP contribution in [0.1, 0.15) is 18.5 Å². The molecule has 2 aromatic rings. The number of benzene rings is 1. The lowest BCUT2D eigenvalue weighted by Gasteiger charge is -2.33. The SMILES string of the molecule is O=C(CN1CCN(C(=O)C=Cc2ccc3ccccc3n2)CC1)NC1CC1. The molecule has 1 aliphatic heterocycles. The van der Waals surface area contributed by atoms with Crippen molar-refractivity contribution in [2.24, 2.45) is 0 Å². The molecule has 2 heterocycles. The van der Waals surface area contributed by atoms with Crippen molar-refractivity contribution in [2.75, 3.05) is 32.7 Å². The van der Waals surface area contributed by atoms with Crippen LogP contribution in [-0.2, 0) is 9.59 Å². The van der Waals surface area contributed by atoms with E-state index < -0.39 is 0 Å². The van der Waals surface area contributed by atoms with E-state index in [0.29, 0.717) is 25.7 Å². The van der Waals surface area contributed by atoms with Gasteiger partial charge in [0.05, 0.1) is 17.8 Å². The van der Waals surface area contributed by atoms with Crippen molar-refractivity contribution >= 4 is 28.8 Å². The number of amides is 2. The van der Waals surface area contributed by atoms with Crippen LogP contribution in [0.5, 0.6) is 0 Å². The van der Waals surface area contributed by atoms with E-state index in [-0.39, 0.29) is 11.8 Å². The van der Waals surface area contributed by atoms with Gasteiger partial charge in [-0.25, -0.2) is 4.98 Å². The van der Waals surface area contributed by atoms with Crippen LogP contribution in [0.25, 0.3) is 17.0 Å². The Morgan fingerprint density at radius 1 is 1.07 bits per heavy atom. The summed E-state index contributed by atoms with van der Waals surface area (Å²) in [5.41, 5.74) is 1.70. The predicted molar refractivity (Wildman–Crippen MR) is 105 cm³/mol. The summed E-state index contributed by atoms with van der Waals surface area (Å²) in [6, 6.07) is 12.3. The highest BCUT2D eigenvalue weighted by Gasteiger charge is 2.25. The van der Waals surface area contributed by atoms with Gasteiger partial charge in [0, 0.05) is 43.7 Å². The van der Waals surface area contributed by atoms with E-state index in [4.69, 9.17) is 0 Å². The van der Waals surface area contributed by atoms with E-state index in [1.54, 1.807) is 12.2 Å². The van der Waals surface area contributed by atoms with Crippen LogP contribution in [0.2, 0.25) is 0 Å². The first kappa shape index (κ1) is 17.7. The Hall–Kier alpha value is -2.73. The van der Waals surface area contributed by atoms with Crippen LogP contribution in [0.4, 0.5) is 0 Å². The number of hydrogen-bond acceptors (Lipinski definition) is 4. The number of para-hydroxylation sites is 1. The molecule has 6 nitrogen and oxygen atoms in total. The maximum Gasteiger partial charge on any atom is 0.246 e. The molecule has 0 bridgehead atoms. The smallest absolute Gasteiger partial charge is 0.246 e. The molecule has 1 aromatic heterocycles. The first-order valence-electron chi connectivity index (χ1n) is 9.52. The summed E-state index contributed by atoms with van der Waals surface area (Å²) in [5.74, 6) is 0.0894. The molecule has 1 aromatic carbocycles. The fraction of sp³-hybridized carbons (Fsp3) is 0.381. The summed E-state index contributed by atoms with van der Waals surface area (Å²) in [4.78, 5) is 32.8. The van der Waals surface area contributed by atoms with Crippen molar-refractivity contribution in [1.29, 1.82) is 0 Å². The lowest BCUT2D eigenvalue weighted by molar-refractivity contribution is -0.128. The summed E-state index contributed by atoms with van der Waals surface area (Å²) in [7, 11) is 0. The molecule has 140 valence electrons. The molecule has 4 rings (SSSR count). The molecule has 2 fully saturated rings. The van der Waals surface area contributed by atoms with Crippen molar-refractivity contribution in [3.63, 3.8) is 0 Å². The Balaban J connectivity index is 1.28. The fourth-order valence-electron chi connectivity index (χ4n) is 3.27. The minimum Gasteiger partial charge on any atom is -0.352 e. The van der Waals surface area contributed by atoms with E-state index in [1.807, 2.05) is 41.3 Å². The topological polar surface area (TPSA) is 65.5 Å². The van der Waals surface area contributed by atoms with Gasteiger partial charge in [-0.05, 0) is 31.1 Å². The van der Waals surface area contributed by atoms with Gasteiger partial charge in [0.2, 0.25) is 11.8 Å². The van der Waals surface area contributed by atoms with Gasteiger partial charge in [0.1, 0.15) is 0 Å². The highest BCUT2D eigenvalue weighted by molar-refractivity contribution is 5.92. The van der Waals surface area contributed by atoms with Gasteiger partial charge in [0.15, 0.2) is 0 Å². The van der Waals surface area contributed by atoms with Gasteiger partial charge in [-0.1, -0.05) is 24.3 Å². The third-order valence-electron chi connectivity index (χ3n) is 5.01. The number of rotatable bonds is 5. The third-order valence-corrected chi connectivity index (χ3v) is 5.01. The summed E-state index contributed by atoms with van der Waals surface area (Å²) in [5, 5.41) is 4.09. The molecule has 2 aliphatic rings. The van der Waals surface area contributed by atoms with Gasteiger partial charge in [-0.3, -0.25) is 14.5 Å². The molecule has 27 heavy (non-hydrogen) atoms. The lowest BCUT2D eigenvalue weighted by atomic mass is 10.2. The van der Waals surface area contributed by atoms with Crippen LogP contribution >= 0.6 is 0 Å². The molecule has 0 radical (unpaired) electrons. The molecular formula is C21H24N4O2. The molecular weight excluding hydrogens is 340 g/mol. The molecule has 0 atom stereocenters. The predicted octanol–water partition coefficient (Wildman–Crippen LogP) is 1.67. The van der Waals surface area contributed by atoms with Crippen LogP contribution in [-0.4, -0.2) is 65.4 Å². The average Bonchev–Trinajstić information content (AvgIpc) is 3.50. The second-order valence-corrected chi connectivity index (χ2v) is 7.21. The largest absolute Gasteiger partial charge is 0.352 e. The third kappa shape index (κ3) is 4.71. The quantitative estimate of drug-likeness (QED) is 0.820. The molecule has 1 N–H and O–H groups in total. The summed E-state index contributed by atoms with van der Waals surface area (Å²) in [6.07, 6.45) is 5.57. The zero-order valence-corrected chi connectivity index (χ0v) is 15.3. The van der Waals surface area contributed by atoms with Crippen LogP contribution in [0, 0.1) is 0 Å². The average molecular weight is 364 g/mol. The number of aromatic nitrogens is 1. The highest BCUT2D eigenvalue weighted by Crippen LogP contribution is 2.18. The Morgan fingerprint density at radius 2 is 1.85 bits per heavy atom. The number of fused-ring (bicyclic) bond motifs is 1. The van der Waals surface area contributed by atoms with Crippen LogP contribution in [0.15, 0.2) is 42.5 Å². The number of pyridine rings is 1. The minimum atomic E-state index is -0.00737. The Kier molecular flexibility index (Phi) is 5.16. The Labute approximate surface area is 158 Å². The number of hydrogen-bond donors (Lipinski definition) is 1. The van der Waals surface area contributed by atoms with Gasteiger partial charge < -0.3 is 10.2 Å². The van der Waals surface area contributed by atoms with E-state index in [9.17, 15) is 9.59 Å². The van der Waals surface area contributed by atoms with Crippen molar-refractivity contribution in [3.8, 4) is 0 Å². The molecule has 0 spiro atoms. The first-order valence-corrected chi connectivity index (χ1v) is 9.52. The monoisotopic (exact) mass is 364 g/mol. The molecule has 0 unspecified atom stereocenters. The Bertz CT molecular complexity index is 867. The zero-order chi connectivity index (χ0) is 18.6. The standard InChI is InChI=1S/C21H24N4O2/c26-20(23-18-7-8-18)15-24-11-13-25(14-12-24)21(27)10-9-17-6-5-16-3-1-2-4-19(16)22-17/h1-6,9-10,18H,7-8,11-15H2,(H,23,26). The second-order valence-electron chi connectivity index (χ2n) is 7.21. The van der Waals surface area contributed by atoms with Gasteiger partial charge in [0.25, 0.3) is 0 Å². The van der Waals surface area contributed by atoms with Gasteiger partial charge in [-0.2, -0.15) is 0 Å². The molecule has 2 amide bonds. The maximum absolute atomic E-state index is 12.4.